The molecule has 13 heavy (non-hydrogen) atoms. The van der Waals surface area contributed by atoms with E-state index in [-0.39, 0.29) is 0 Å². The van der Waals surface area contributed by atoms with Gasteiger partial charge in [0.25, 0.3) is 0 Å². The molecular weight excluding hydrogens is 156 g/mol. The molecule has 0 heteroatoms. The summed E-state index contributed by atoms with van der Waals surface area (Å²) in [6.07, 6.45) is 3.12. The zero-order valence-electron chi connectivity index (χ0n) is 8.80. The summed E-state index contributed by atoms with van der Waals surface area (Å²) in [5.41, 5.74) is 4.31. The lowest BCUT2D eigenvalue weighted by atomic mass is 9.91. The minimum atomic E-state index is 0.467. The van der Waals surface area contributed by atoms with Gasteiger partial charge in [0.1, 0.15) is 0 Å². The summed E-state index contributed by atoms with van der Waals surface area (Å²) >= 11 is 0. The van der Waals surface area contributed by atoms with Gasteiger partial charge in [-0.3, -0.25) is 0 Å². The van der Waals surface area contributed by atoms with Crippen LogP contribution in [0, 0.1) is 6.92 Å². The maximum Gasteiger partial charge on any atom is -0.00103 e. The van der Waals surface area contributed by atoms with Gasteiger partial charge in [-0.25, -0.2) is 0 Å². The first-order chi connectivity index (χ1) is 6.20. The zero-order valence-corrected chi connectivity index (χ0v) is 8.80. The molecule has 0 aliphatic carbocycles. The van der Waals surface area contributed by atoms with Crippen LogP contribution in [-0.2, 0) is 6.42 Å². The monoisotopic (exact) mass is 174 g/mol. The van der Waals surface area contributed by atoms with E-state index in [4.69, 9.17) is 0 Å². The molecule has 0 saturated heterocycles. The van der Waals surface area contributed by atoms with Crippen molar-refractivity contribution in [3.63, 3.8) is 0 Å². The van der Waals surface area contributed by atoms with Gasteiger partial charge in [-0.2, -0.15) is 0 Å². The highest BCUT2D eigenvalue weighted by atomic mass is 14.1. The van der Waals surface area contributed by atoms with Gasteiger partial charge in [0, 0.05) is 0 Å². The summed E-state index contributed by atoms with van der Waals surface area (Å²) in [7, 11) is 0. The van der Waals surface area contributed by atoms with Crippen molar-refractivity contribution < 1.29 is 0 Å². The van der Waals surface area contributed by atoms with E-state index in [1.54, 1.807) is 0 Å². The van der Waals surface area contributed by atoms with Crippen LogP contribution in [0.5, 0.6) is 0 Å². The van der Waals surface area contributed by atoms with Crippen LogP contribution in [0.2, 0.25) is 0 Å². The van der Waals surface area contributed by atoms with E-state index in [1.165, 1.54) is 16.7 Å². The molecule has 0 amide bonds. The smallest absolute Gasteiger partial charge is 0.00103 e. The van der Waals surface area contributed by atoms with Crippen molar-refractivity contribution in [3.05, 3.63) is 47.5 Å². The molecule has 0 bridgehead atoms. The van der Waals surface area contributed by atoms with Crippen molar-refractivity contribution in [1.29, 1.82) is 0 Å². The summed E-state index contributed by atoms with van der Waals surface area (Å²) in [5.74, 6) is 0.467. The third-order valence-electron chi connectivity index (χ3n) is 2.64. The molecule has 0 nitrogen and oxygen atoms in total. The third-order valence-corrected chi connectivity index (χ3v) is 2.64. The van der Waals surface area contributed by atoms with Gasteiger partial charge in [0.05, 0.1) is 0 Å². The fraction of sp³-hybridized carbons (Fsp3) is 0.385. The standard InChI is InChI=1S/C13H18/c1-5-10(3)13-9-7-8-11(4)12(13)6-2/h5,7-10H,1,6H2,2-4H3. The number of rotatable bonds is 3. The first-order valence-corrected chi connectivity index (χ1v) is 4.91. The molecule has 1 aromatic rings. The van der Waals surface area contributed by atoms with E-state index in [0.717, 1.165) is 6.42 Å². The second kappa shape index (κ2) is 4.27. The van der Waals surface area contributed by atoms with E-state index >= 15 is 0 Å². The zero-order chi connectivity index (χ0) is 9.84. The van der Waals surface area contributed by atoms with Crippen LogP contribution in [0.4, 0.5) is 0 Å². The van der Waals surface area contributed by atoms with Crippen molar-refractivity contribution in [2.45, 2.75) is 33.1 Å². The molecule has 0 N–H and O–H groups in total. The van der Waals surface area contributed by atoms with Crippen LogP contribution < -0.4 is 0 Å². The average molecular weight is 174 g/mol. The van der Waals surface area contributed by atoms with E-state index in [1.807, 2.05) is 6.08 Å². The van der Waals surface area contributed by atoms with Gasteiger partial charge in [-0.1, -0.05) is 38.1 Å². The quantitative estimate of drug-likeness (QED) is 0.611. The SMILES string of the molecule is C=CC(C)c1cccc(C)c1CC. The van der Waals surface area contributed by atoms with Crippen molar-refractivity contribution in [1.82, 2.24) is 0 Å². The molecule has 0 heterocycles. The molecule has 1 atom stereocenters. The van der Waals surface area contributed by atoms with E-state index in [2.05, 4.69) is 45.5 Å². The van der Waals surface area contributed by atoms with Gasteiger partial charge >= 0.3 is 0 Å². The number of aryl methyl sites for hydroxylation is 1. The lowest BCUT2D eigenvalue weighted by Gasteiger charge is -2.14. The predicted molar refractivity (Wildman–Crippen MR) is 59.2 cm³/mol. The molecule has 1 rings (SSSR count). The molecule has 0 spiro atoms. The fourth-order valence-electron chi connectivity index (χ4n) is 1.76. The maximum atomic E-state index is 3.84. The number of hydrogen-bond donors (Lipinski definition) is 0. The first-order valence-electron chi connectivity index (χ1n) is 4.91. The highest BCUT2D eigenvalue weighted by Crippen LogP contribution is 2.23. The summed E-state index contributed by atoms with van der Waals surface area (Å²) in [6, 6.07) is 6.51. The summed E-state index contributed by atoms with van der Waals surface area (Å²) < 4.78 is 0. The van der Waals surface area contributed by atoms with Crippen LogP contribution in [0.15, 0.2) is 30.9 Å². The normalized spacial score (nSPS) is 12.5. The average Bonchev–Trinajstić information content (AvgIpc) is 2.16. The van der Waals surface area contributed by atoms with Gasteiger partial charge in [-0.05, 0) is 36.0 Å². The highest BCUT2D eigenvalue weighted by Gasteiger charge is 2.07. The predicted octanol–water partition coefficient (Wildman–Crippen LogP) is 3.85. The van der Waals surface area contributed by atoms with E-state index in [0.29, 0.717) is 5.92 Å². The molecule has 1 aromatic carbocycles. The van der Waals surface area contributed by atoms with Crippen LogP contribution in [0.25, 0.3) is 0 Å². The molecule has 0 aliphatic heterocycles. The molecular formula is C13H18. The number of allylic oxidation sites excluding steroid dienone is 1. The molecule has 0 aromatic heterocycles. The molecule has 0 fully saturated rings. The lowest BCUT2D eigenvalue weighted by Crippen LogP contribution is -1.98. The molecule has 0 aliphatic rings. The third kappa shape index (κ3) is 2.00. The van der Waals surface area contributed by atoms with Crippen molar-refractivity contribution >= 4 is 0 Å². The Labute approximate surface area is 81.3 Å². The first kappa shape index (κ1) is 10.0. The van der Waals surface area contributed by atoms with Gasteiger partial charge in [0.15, 0.2) is 0 Å². The van der Waals surface area contributed by atoms with Gasteiger partial charge in [-0.15, -0.1) is 6.58 Å². The summed E-state index contributed by atoms with van der Waals surface area (Å²) in [5, 5.41) is 0. The Hall–Kier alpha value is -1.04. The second-order valence-electron chi connectivity index (χ2n) is 3.52. The van der Waals surface area contributed by atoms with Gasteiger partial charge in [0.2, 0.25) is 0 Å². The second-order valence-corrected chi connectivity index (χ2v) is 3.52. The minimum absolute atomic E-state index is 0.467. The van der Waals surface area contributed by atoms with Crippen molar-refractivity contribution in [2.24, 2.45) is 0 Å². The summed E-state index contributed by atoms with van der Waals surface area (Å²) in [4.78, 5) is 0. The Bertz CT molecular complexity index is 297. The van der Waals surface area contributed by atoms with Crippen LogP contribution in [0.3, 0.4) is 0 Å². The molecule has 1 unspecified atom stereocenters. The Kier molecular flexibility index (Phi) is 3.30. The molecule has 0 radical (unpaired) electrons. The van der Waals surface area contributed by atoms with Crippen LogP contribution in [-0.4, -0.2) is 0 Å². The maximum absolute atomic E-state index is 3.84. The molecule has 0 saturated carbocycles. The Balaban J connectivity index is 3.19. The Morgan fingerprint density at radius 2 is 2.15 bits per heavy atom. The number of hydrogen-bond acceptors (Lipinski definition) is 0. The fourth-order valence-corrected chi connectivity index (χ4v) is 1.76. The van der Waals surface area contributed by atoms with E-state index < -0.39 is 0 Å². The molecule has 70 valence electrons. The topological polar surface area (TPSA) is 0 Å². The van der Waals surface area contributed by atoms with E-state index in [9.17, 15) is 0 Å². The van der Waals surface area contributed by atoms with Crippen LogP contribution >= 0.6 is 0 Å². The lowest BCUT2D eigenvalue weighted by molar-refractivity contribution is 0.923. The Morgan fingerprint density at radius 3 is 2.69 bits per heavy atom. The largest absolute Gasteiger partial charge is 0.102 e. The summed E-state index contributed by atoms with van der Waals surface area (Å²) in [6.45, 7) is 10.4. The Morgan fingerprint density at radius 1 is 1.46 bits per heavy atom. The van der Waals surface area contributed by atoms with Crippen LogP contribution in [0.1, 0.15) is 36.5 Å². The van der Waals surface area contributed by atoms with Crippen molar-refractivity contribution in [2.75, 3.05) is 0 Å². The van der Waals surface area contributed by atoms with Gasteiger partial charge < -0.3 is 0 Å². The van der Waals surface area contributed by atoms with Crippen molar-refractivity contribution in [3.8, 4) is 0 Å². The number of benzene rings is 1. The highest BCUT2D eigenvalue weighted by molar-refractivity contribution is 5.38. The minimum Gasteiger partial charge on any atom is -0.102 e.